The Labute approximate surface area is 174 Å². The lowest BCUT2D eigenvalue weighted by molar-refractivity contribution is -0.274. The molecule has 0 atom stereocenters. The third-order valence-electron chi connectivity index (χ3n) is 5.02. The number of benzene rings is 3. The van der Waals surface area contributed by atoms with E-state index in [9.17, 15) is 22.4 Å². The number of rotatable bonds is 4. The molecule has 0 radical (unpaired) electrons. The molecule has 0 spiro atoms. The summed E-state index contributed by atoms with van der Waals surface area (Å²) in [7, 11) is 0. The van der Waals surface area contributed by atoms with Gasteiger partial charge in [0, 0.05) is 5.56 Å². The van der Waals surface area contributed by atoms with Crippen molar-refractivity contribution in [1.82, 2.24) is 4.98 Å². The van der Waals surface area contributed by atoms with E-state index in [1.807, 2.05) is 24.3 Å². The number of alkyl halides is 3. The number of hydrogen-bond acceptors (Lipinski definition) is 2. The molecular weight excluding hydrogens is 410 g/mol. The lowest BCUT2D eigenvalue weighted by atomic mass is 10.00. The predicted octanol–water partition coefficient (Wildman–Crippen LogP) is 6.13. The molecule has 0 fully saturated rings. The molecule has 3 aromatic carbocycles. The highest BCUT2D eigenvalue weighted by Gasteiger charge is 2.30. The van der Waals surface area contributed by atoms with Gasteiger partial charge in [0.25, 0.3) is 0 Å². The summed E-state index contributed by atoms with van der Waals surface area (Å²) in [5.74, 6) is -0.825. The first-order valence-corrected chi connectivity index (χ1v) is 9.46. The molecule has 0 aliphatic rings. The summed E-state index contributed by atoms with van der Waals surface area (Å²) in [6.07, 6.45) is -4.20. The standard InChI is InChI=1S/C24H17F4NO2/c1-14-22(29-20-4-2-3-19(25)21(20)23(14)30)17-9-5-15(6-10-17)13-16-7-11-18(12-8-16)31-24(26,27)28/h2-12H,13H2,1H3,(H,29,30). The van der Waals surface area contributed by atoms with Crippen LogP contribution in [0.3, 0.4) is 0 Å². The highest BCUT2D eigenvalue weighted by molar-refractivity contribution is 5.83. The van der Waals surface area contributed by atoms with Crippen molar-refractivity contribution in [2.24, 2.45) is 0 Å². The average Bonchev–Trinajstić information content (AvgIpc) is 2.72. The summed E-state index contributed by atoms with van der Waals surface area (Å²) in [5, 5.41) is 0.0401. The van der Waals surface area contributed by atoms with E-state index in [1.54, 1.807) is 31.2 Å². The molecule has 0 saturated heterocycles. The molecule has 7 heteroatoms. The zero-order valence-corrected chi connectivity index (χ0v) is 16.4. The largest absolute Gasteiger partial charge is 0.573 e. The Balaban J connectivity index is 1.58. The normalized spacial score (nSPS) is 11.6. The molecule has 0 aliphatic heterocycles. The van der Waals surface area contributed by atoms with Gasteiger partial charge in [0.05, 0.1) is 16.6 Å². The molecule has 3 nitrogen and oxygen atoms in total. The monoisotopic (exact) mass is 427 g/mol. The van der Waals surface area contributed by atoms with E-state index in [1.165, 1.54) is 18.2 Å². The number of pyridine rings is 1. The van der Waals surface area contributed by atoms with Crippen LogP contribution in [0.2, 0.25) is 0 Å². The Kier molecular flexibility index (Phi) is 5.27. The average molecular weight is 427 g/mol. The zero-order chi connectivity index (χ0) is 22.2. The van der Waals surface area contributed by atoms with E-state index >= 15 is 0 Å². The van der Waals surface area contributed by atoms with Gasteiger partial charge in [-0.15, -0.1) is 13.2 Å². The van der Waals surface area contributed by atoms with Crippen molar-refractivity contribution in [3.8, 4) is 17.0 Å². The molecule has 0 bridgehead atoms. The van der Waals surface area contributed by atoms with Crippen molar-refractivity contribution in [1.29, 1.82) is 0 Å². The van der Waals surface area contributed by atoms with Gasteiger partial charge >= 0.3 is 6.36 Å². The maximum absolute atomic E-state index is 14.0. The van der Waals surface area contributed by atoms with Crippen LogP contribution in [0.1, 0.15) is 16.7 Å². The molecule has 4 aromatic rings. The number of aromatic amines is 1. The van der Waals surface area contributed by atoms with Crippen molar-refractivity contribution in [2.45, 2.75) is 19.7 Å². The predicted molar refractivity (Wildman–Crippen MR) is 111 cm³/mol. The summed E-state index contributed by atoms with van der Waals surface area (Å²) in [5.41, 5.74) is 3.66. The highest BCUT2D eigenvalue weighted by Crippen LogP contribution is 2.26. The number of ether oxygens (including phenoxy) is 1. The fraction of sp³-hybridized carbons (Fsp3) is 0.125. The fourth-order valence-corrected chi connectivity index (χ4v) is 3.51. The quantitative estimate of drug-likeness (QED) is 0.398. The van der Waals surface area contributed by atoms with Crippen LogP contribution in [-0.4, -0.2) is 11.3 Å². The molecule has 1 aromatic heterocycles. The topological polar surface area (TPSA) is 42.1 Å². The molecule has 0 saturated carbocycles. The number of fused-ring (bicyclic) bond motifs is 1. The van der Waals surface area contributed by atoms with E-state index in [-0.39, 0.29) is 16.6 Å². The van der Waals surface area contributed by atoms with Crippen LogP contribution in [0, 0.1) is 12.7 Å². The summed E-state index contributed by atoms with van der Waals surface area (Å²) in [4.78, 5) is 15.8. The summed E-state index contributed by atoms with van der Waals surface area (Å²) < 4.78 is 54.7. The molecule has 0 amide bonds. The van der Waals surface area contributed by atoms with Crippen LogP contribution in [-0.2, 0) is 6.42 Å². The van der Waals surface area contributed by atoms with E-state index in [4.69, 9.17) is 0 Å². The minimum Gasteiger partial charge on any atom is -0.406 e. The van der Waals surface area contributed by atoms with E-state index < -0.39 is 12.2 Å². The first-order chi connectivity index (χ1) is 14.7. The van der Waals surface area contributed by atoms with Gasteiger partial charge in [-0.05, 0) is 54.3 Å². The molecule has 0 aliphatic carbocycles. The van der Waals surface area contributed by atoms with Gasteiger partial charge in [-0.1, -0.05) is 42.5 Å². The fourth-order valence-electron chi connectivity index (χ4n) is 3.51. The number of aromatic nitrogens is 1. The van der Waals surface area contributed by atoms with Crippen molar-refractivity contribution >= 4 is 10.9 Å². The molecule has 1 N–H and O–H groups in total. The maximum atomic E-state index is 14.0. The maximum Gasteiger partial charge on any atom is 0.573 e. The number of halogens is 4. The Hall–Kier alpha value is -3.61. The SMILES string of the molecule is Cc1c(-c2ccc(Cc3ccc(OC(F)(F)F)cc3)cc2)[nH]c2cccc(F)c2c1=O. The highest BCUT2D eigenvalue weighted by atomic mass is 19.4. The second-order valence-corrected chi connectivity index (χ2v) is 7.18. The summed E-state index contributed by atoms with van der Waals surface area (Å²) >= 11 is 0. The summed E-state index contributed by atoms with van der Waals surface area (Å²) in [6, 6.07) is 17.6. The van der Waals surface area contributed by atoms with Gasteiger partial charge in [-0.25, -0.2) is 4.39 Å². The smallest absolute Gasteiger partial charge is 0.406 e. The second kappa shape index (κ2) is 7.91. The van der Waals surface area contributed by atoms with E-state index in [0.717, 1.165) is 16.7 Å². The van der Waals surface area contributed by atoms with Gasteiger partial charge in [0.15, 0.2) is 5.43 Å². The summed E-state index contributed by atoms with van der Waals surface area (Å²) in [6.45, 7) is 1.65. The Morgan fingerprint density at radius 2 is 1.52 bits per heavy atom. The Bertz CT molecular complexity index is 1290. The Morgan fingerprint density at radius 1 is 0.903 bits per heavy atom. The lowest BCUT2D eigenvalue weighted by Gasteiger charge is -2.11. The minimum absolute atomic E-state index is 0.0401. The molecule has 4 rings (SSSR count). The first kappa shape index (κ1) is 20.7. The third-order valence-corrected chi connectivity index (χ3v) is 5.02. The first-order valence-electron chi connectivity index (χ1n) is 9.46. The number of nitrogens with one attached hydrogen (secondary N) is 1. The van der Waals surface area contributed by atoms with Gasteiger partial charge < -0.3 is 9.72 Å². The Morgan fingerprint density at radius 3 is 2.13 bits per heavy atom. The second-order valence-electron chi connectivity index (χ2n) is 7.18. The molecule has 1 heterocycles. The van der Waals surface area contributed by atoms with Crippen LogP contribution in [0.4, 0.5) is 17.6 Å². The van der Waals surface area contributed by atoms with Gasteiger partial charge in [-0.3, -0.25) is 4.79 Å². The third kappa shape index (κ3) is 4.45. The van der Waals surface area contributed by atoms with E-state index in [2.05, 4.69) is 9.72 Å². The van der Waals surface area contributed by atoms with E-state index in [0.29, 0.717) is 23.2 Å². The van der Waals surface area contributed by atoms with Crippen LogP contribution in [0.15, 0.2) is 71.5 Å². The minimum atomic E-state index is -4.72. The van der Waals surface area contributed by atoms with Crippen molar-refractivity contribution in [3.05, 3.63) is 99.5 Å². The van der Waals surface area contributed by atoms with Gasteiger partial charge in [-0.2, -0.15) is 0 Å². The van der Waals surface area contributed by atoms with Crippen LogP contribution < -0.4 is 10.2 Å². The van der Waals surface area contributed by atoms with Crippen molar-refractivity contribution in [2.75, 3.05) is 0 Å². The van der Waals surface area contributed by atoms with Gasteiger partial charge in [0.1, 0.15) is 11.6 Å². The molecule has 31 heavy (non-hydrogen) atoms. The number of H-pyrrole nitrogens is 1. The zero-order valence-electron chi connectivity index (χ0n) is 16.4. The molecular formula is C24H17F4NO2. The van der Waals surface area contributed by atoms with Crippen LogP contribution in [0.5, 0.6) is 5.75 Å². The molecule has 0 unspecified atom stereocenters. The van der Waals surface area contributed by atoms with Crippen molar-refractivity contribution < 1.29 is 22.3 Å². The van der Waals surface area contributed by atoms with Gasteiger partial charge in [0.2, 0.25) is 0 Å². The van der Waals surface area contributed by atoms with Crippen molar-refractivity contribution in [3.63, 3.8) is 0 Å². The number of hydrogen-bond donors (Lipinski definition) is 1. The van der Waals surface area contributed by atoms with Crippen LogP contribution in [0.25, 0.3) is 22.2 Å². The lowest BCUT2D eigenvalue weighted by Crippen LogP contribution is -2.17. The molecule has 158 valence electrons. The van der Waals surface area contributed by atoms with Crippen LogP contribution >= 0.6 is 0 Å².